The van der Waals surface area contributed by atoms with Crippen LogP contribution in [0.15, 0.2) is 60.1 Å². The third kappa shape index (κ3) is 5.13. The predicted molar refractivity (Wildman–Crippen MR) is 101 cm³/mol. The first-order chi connectivity index (χ1) is 12.2. The zero-order chi connectivity index (χ0) is 17.5. The van der Waals surface area contributed by atoms with E-state index in [2.05, 4.69) is 27.1 Å². The minimum absolute atomic E-state index is 0.208. The summed E-state index contributed by atoms with van der Waals surface area (Å²) in [5, 5.41) is 5.71. The van der Waals surface area contributed by atoms with Gasteiger partial charge in [-0.3, -0.25) is 4.79 Å². The fourth-order valence-electron chi connectivity index (χ4n) is 2.05. The number of benzene rings is 1. The van der Waals surface area contributed by atoms with Crippen molar-refractivity contribution in [3.05, 3.63) is 82.1 Å². The predicted octanol–water partition coefficient (Wildman–Crippen LogP) is 3.90. The molecule has 25 heavy (non-hydrogen) atoms. The van der Waals surface area contributed by atoms with Crippen molar-refractivity contribution in [3.63, 3.8) is 0 Å². The fourth-order valence-corrected chi connectivity index (χ4v) is 2.63. The molecule has 0 unspecified atom stereocenters. The third-order valence-electron chi connectivity index (χ3n) is 3.17. The van der Waals surface area contributed by atoms with Gasteiger partial charge in [-0.25, -0.2) is 9.97 Å². The standard InChI is InChI=1S/C20H15N3OS/c1-15-22-19(14-25-15)10-11-20(24)23-18-7-4-5-16(13-18)8-9-17-6-2-3-12-21-17/h2-7,10-14H,1H3,(H,23,24)/b11-10-. The summed E-state index contributed by atoms with van der Waals surface area (Å²) in [4.78, 5) is 20.5. The van der Waals surface area contributed by atoms with Crippen LogP contribution in [0.5, 0.6) is 0 Å². The molecule has 0 spiro atoms. The molecule has 3 aromatic rings. The Morgan fingerprint density at radius 1 is 1.20 bits per heavy atom. The summed E-state index contributed by atoms with van der Waals surface area (Å²) in [7, 11) is 0. The molecule has 0 fully saturated rings. The molecule has 5 heteroatoms. The lowest BCUT2D eigenvalue weighted by Crippen LogP contribution is -2.07. The highest BCUT2D eigenvalue weighted by atomic mass is 32.1. The molecule has 122 valence electrons. The summed E-state index contributed by atoms with van der Waals surface area (Å²) >= 11 is 1.55. The van der Waals surface area contributed by atoms with Gasteiger partial charge in [0.05, 0.1) is 10.7 Å². The quantitative estimate of drug-likeness (QED) is 0.579. The monoisotopic (exact) mass is 345 g/mol. The lowest BCUT2D eigenvalue weighted by Gasteiger charge is -2.02. The number of hydrogen-bond donors (Lipinski definition) is 1. The van der Waals surface area contributed by atoms with Crippen LogP contribution in [0.2, 0.25) is 0 Å². The number of pyridine rings is 1. The average molecular weight is 345 g/mol. The number of aryl methyl sites for hydroxylation is 1. The zero-order valence-corrected chi connectivity index (χ0v) is 14.4. The van der Waals surface area contributed by atoms with E-state index in [1.54, 1.807) is 23.6 Å². The van der Waals surface area contributed by atoms with Crippen molar-refractivity contribution in [2.75, 3.05) is 5.32 Å². The van der Waals surface area contributed by atoms with Gasteiger partial charge in [-0.2, -0.15) is 0 Å². The number of nitrogens with zero attached hydrogens (tertiary/aromatic N) is 2. The second-order valence-electron chi connectivity index (χ2n) is 5.16. The highest BCUT2D eigenvalue weighted by molar-refractivity contribution is 7.09. The summed E-state index contributed by atoms with van der Waals surface area (Å²) in [6.45, 7) is 1.93. The largest absolute Gasteiger partial charge is 0.322 e. The number of amides is 1. The summed E-state index contributed by atoms with van der Waals surface area (Å²) in [5.74, 6) is 5.83. The number of thiazole rings is 1. The van der Waals surface area contributed by atoms with Crippen LogP contribution >= 0.6 is 11.3 Å². The van der Waals surface area contributed by atoms with E-state index in [1.807, 2.05) is 54.8 Å². The Morgan fingerprint density at radius 2 is 2.12 bits per heavy atom. The maximum absolute atomic E-state index is 12.0. The molecule has 0 aliphatic rings. The maximum atomic E-state index is 12.0. The zero-order valence-electron chi connectivity index (χ0n) is 13.6. The van der Waals surface area contributed by atoms with Crippen molar-refractivity contribution >= 4 is 29.0 Å². The van der Waals surface area contributed by atoms with Gasteiger partial charge in [-0.05, 0) is 49.3 Å². The average Bonchev–Trinajstić information content (AvgIpc) is 3.05. The fraction of sp³-hybridized carbons (Fsp3) is 0.0500. The van der Waals surface area contributed by atoms with Gasteiger partial charge in [-0.1, -0.05) is 18.1 Å². The molecule has 0 saturated heterocycles. The Morgan fingerprint density at radius 3 is 2.88 bits per heavy atom. The Labute approximate surface area is 150 Å². The highest BCUT2D eigenvalue weighted by Crippen LogP contribution is 2.12. The number of aromatic nitrogens is 2. The van der Waals surface area contributed by atoms with Crippen LogP contribution in [-0.2, 0) is 4.79 Å². The molecular weight excluding hydrogens is 330 g/mol. The highest BCUT2D eigenvalue weighted by Gasteiger charge is 2.00. The van der Waals surface area contributed by atoms with Crippen LogP contribution in [-0.4, -0.2) is 15.9 Å². The molecule has 2 heterocycles. The molecular formula is C20H15N3OS. The van der Waals surface area contributed by atoms with Crippen molar-refractivity contribution in [2.24, 2.45) is 0 Å². The van der Waals surface area contributed by atoms with E-state index >= 15 is 0 Å². The van der Waals surface area contributed by atoms with Crippen molar-refractivity contribution in [3.8, 4) is 11.8 Å². The van der Waals surface area contributed by atoms with E-state index in [0.717, 1.165) is 16.3 Å². The Bertz CT molecular complexity index is 965. The minimum atomic E-state index is -0.208. The maximum Gasteiger partial charge on any atom is 0.248 e. The van der Waals surface area contributed by atoms with E-state index in [4.69, 9.17) is 0 Å². The lowest BCUT2D eigenvalue weighted by atomic mass is 10.2. The van der Waals surface area contributed by atoms with Gasteiger partial charge in [0.2, 0.25) is 5.91 Å². The topological polar surface area (TPSA) is 54.9 Å². The molecule has 1 amide bonds. The van der Waals surface area contributed by atoms with Crippen LogP contribution in [0.4, 0.5) is 5.69 Å². The number of carbonyl (C=O) groups excluding carboxylic acids is 1. The van der Waals surface area contributed by atoms with E-state index in [0.29, 0.717) is 11.4 Å². The lowest BCUT2D eigenvalue weighted by molar-refractivity contribution is -0.111. The molecule has 4 nitrogen and oxygen atoms in total. The van der Waals surface area contributed by atoms with Gasteiger partial charge in [0.1, 0.15) is 5.69 Å². The van der Waals surface area contributed by atoms with Crippen molar-refractivity contribution in [1.82, 2.24) is 9.97 Å². The number of hydrogen-bond acceptors (Lipinski definition) is 4. The first-order valence-corrected chi connectivity index (χ1v) is 8.51. The first kappa shape index (κ1) is 16.6. The molecule has 1 aromatic carbocycles. The number of rotatable bonds is 3. The van der Waals surface area contributed by atoms with Gasteiger partial charge in [0.25, 0.3) is 0 Å². The van der Waals surface area contributed by atoms with E-state index < -0.39 is 0 Å². The second kappa shape index (κ2) is 8.04. The molecule has 0 aliphatic heterocycles. The van der Waals surface area contributed by atoms with Crippen LogP contribution in [0, 0.1) is 18.8 Å². The molecule has 0 aliphatic carbocycles. The molecule has 0 bridgehead atoms. The smallest absolute Gasteiger partial charge is 0.248 e. The van der Waals surface area contributed by atoms with E-state index in [9.17, 15) is 4.79 Å². The molecule has 0 radical (unpaired) electrons. The van der Waals surface area contributed by atoms with Gasteiger partial charge < -0.3 is 5.32 Å². The Kier molecular flexibility index (Phi) is 5.35. The molecule has 0 atom stereocenters. The normalized spacial score (nSPS) is 10.3. The SMILES string of the molecule is Cc1nc(/C=C\C(=O)Nc2cccc(C#Cc3ccccn3)c2)cs1. The van der Waals surface area contributed by atoms with Crippen LogP contribution < -0.4 is 5.32 Å². The number of carbonyl (C=O) groups is 1. The van der Waals surface area contributed by atoms with Crippen LogP contribution in [0.1, 0.15) is 22.0 Å². The summed E-state index contributed by atoms with van der Waals surface area (Å²) in [5.41, 5.74) is 2.99. The van der Waals surface area contributed by atoms with Crippen LogP contribution in [0.3, 0.4) is 0 Å². The summed E-state index contributed by atoms with van der Waals surface area (Å²) < 4.78 is 0. The van der Waals surface area contributed by atoms with E-state index in [-0.39, 0.29) is 5.91 Å². The van der Waals surface area contributed by atoms with Crippen molar-refractivity contribution in [2.45, 2.75) is 6.92 Å². The molecule has 2 aromatic heterocycles. The number of anilines is 1. The molecule has 0 saturated carbocycles. The van der Waals surface area contributed by atoms with Gasteiger partial charge >= 0.3 is 0 Å². The second-order valence-corrected chi connectivity index (χ2v) is 6.22. The summed E-state index contributed by atoms with van der Waals surface area (Å²) in [6, 6.07) is 13.0. The van der Waals surface area contributed by atoms with Gasteiger partial charge in [0.15, 0.2) is 0 Å². The molecule has 1 N–H and O–H groups in total. The van der Waals surface area contributed by atoms with Crippen molar-refractivity contribution in [1.29, 1.82) is 0 Å². The minimum Gasteiger partial charge on any atom is -0.322 e. The van der Waals surface area contributed by atoms with Crippen molar-refractivity contribution < 1.29 is 4.79 Å². The Hall–Kier alpha value is -3.23. The molecule has 3 rings (SSSR count). The number of nitrogens with one attached hydrogen (secondary N) is 1. The Balaban J connectivity index is 1.66. The van der Waals surface area contributed by atoms with E-state index in [1.165, 1.54) is 6.08 Å². The van der Waals surface area contributed by atoms with Crippen LogP contribution in [0.25, 0.3) is 6.08 Å². The summed E-state index contributed by atoms with van der Waals surface area (Å²) in [6.07, 6.45) is 4.88. The van der Waals surface area contributed by atoms with Gasteiger partial charge in [-0.15, -0.1) is 11.3 Å². The first-order valence-electron chi connectivity index (χ1n) is 7.63. The van der Waals surface area contributed by atoms with Gasteiger partial charge in [0, 0.05) is 28.9 Å². The third-order valence-corrected chi connectivity index (χ3v) is 3.96.